The van der Waals surface area contributed by atoms with Gasteiger partial charge in [0, 0.05) is 35.9 Å². The average molecular weight is 369 g/mol. The van der Waals surface area contributed by atoms with Crippen LogP contribution in [0.3, 0.4) is 0 Å². The fourth-order valence-electron chi connectivity index (χ4n) is 3.93. The van der Waals surface area contributed by atoms with Gasteiger partial charge < -0.3 is 9.80 Å². The van der Waals surface area contributed by atoms with Crippen LogP contribution in [-0.4, -0.2) is 36.3 Å². The maximum absolute atomic E-state index is 13.1. The molecule has 0 saturated carbocycles. The van der Waals surface area contributed by atoms with E-state index in [0.29, 0.717) is 23.7 Å². The van der Waals surface area contributed by atoms with Crippen molar-refractivity contribution in [2.45, 2.75) is 19.3 Å². The highest BCUT2D eigenvalue weighted by atomic mass is 35.5. The number of amides is 2. The Kier molecular flexibility index (Phi) is 4.68. The summed E-state index contributed by atoms with van der Waals surface area (Å²) >= 11 is 5.91. The number of rotatable bonds is 2. The molecule has 2 aromatic rings. The zero-order valence-corrected chi connectivity index (χ0v) is 15.3. The van der Waals surface area contributed by atoms with Gasteiger partial charge in [0.25, 0.3) is 5.91 Å². The molecule has 0 radical (unpaired) electrons. The van der Waals surface area contributed by atoms with Gasteiger partial charge in [-0.25, -0.2) is 0 Å². The van der Waals surface area contributed by atoms with Crippen LogP contribution < -0.4 is 4.90 Å². The average Bonchev–Trinajstić information content (AvgIpc) is 3.12. The maximum atomic E-state index is 13.1. The van der Waals surface area contributed by atoms with Crippen molar-refractivity contribution < 1.29 is 9.59 Å². The lowest BCUT2D eigenvalue weighted by atomic mass is 9.95. The SMILES string of the molecule is O=C(c1ccc(Cl)cc1)N1CCCC(C(=O)N2CCc3ccccc32)C1. The number of benzene rings is 2. The number of anilines is 1. The first-order chi connectivity index (χ1) is 12.6. The van der Waals surface area contributed by atoms with E-state index in [1.807, 2.05) is 23.1 Å². The molecule has 2 aliphatic rings. The van der Waals surface area contributed by atoms with Gasteiger partial charge in [-0.3, -0.25) is 9.59 Å². The number of piperidine rings is 1. The Morgan fingerprint density at radius 3 is 2.58 bits per heavy atom. The summed E-state index contributed by atoms with van der Waals surface area (Å²) in [6, 6.07) is 15.0. The number of para-hydroxylation sites is 1. The molecule has 1 saturated heterocycles. The third-order valence-electron chi connectivity index (χ3n) is 5.30. The van der Waals surface area contributed by atoms with Gasteiger partial charge in [-0.05, 0) is 55.2 Å². The normalized spacial score (nSPS) is 19.3. The van der Waals surface area contributed by atoms with Gasteiger partial charge in [0.05, 0.1) is 5.92 Å². The van der Waals surface area contributed by atoms with Crippen LogP contribution in [0.15, 0.2) is 48.5 Å². The van der Waals surface area contributed by atoms with Crippen LogP contribution in [0.5, 0.6) is 0 Å². The molecule has 134 valence electrons. The molecule has 1 atom stereocenters. The van der Waals surface area contributed by atoms with E-state index in [1.54, 1.807) is 29.2 Å². The monoisotopic (exact) mass is 368 g/mol. The Bertz CT molecular complexity index is 834. The van der Waals surface area contributed by atoms with Crippen LogP contribution in [0.4, 0.5) is 5.69 Å². The lowest BCUT2D eigenvalue weighted by Crippen LogP contribution is -2.46. The van der Waals surface area contributed by atoms with Crippen molar-refractivity contribution in [3.05, 3.63) is 64.7 Å². The number of halogens is 1. The molecule has 1 fully saturated rings. The van der Waals surface area contributed by atoms with Crippen molar-refractivity contribution in [1.82, 2.24) is 4.90 Å². The minimum absolute atomic E-state index is 0.0269. The molecule has 0 N–H and O–H groups in total. The molecule has 4 nitrogen and oxygen atoms in total. The Hall–Kier alpha value is -2.33. The predicted molar refractivity (Wildman–Crippen MR) is 103 cm³/mol. The van der Waals surface area contributed by atoms with Crippen molar-refractivity contribution in [1.29, 1.82) is 0 Å². The van der Waals surface area contributed by atoms with Crippen LogP contribution in [0, 0.1) is 5.92 Å². The summed E-state index contributed by atoms with van der Waals surface area (Å²) in [5.74, 6) is -0.0179. The van der Waals surface area contributed by atoms with Crippen molar-refractivity contribution in [3.8, 4) is 0 Å². The largest absolute Gasteiger partial charge is 0.338 e. The molecule has 2 heterocycles. The third kappa shape index (κ3) is 3.21. The standard InChI is InChI=1S/C21H21ClN2O2/c22-18-9-7-16(8-10-18)20(25)23-12-3-5-17(14-23)21(26)24-13-11-15-4-1-2-6-19(15)24/h1-2,4,6-10,17H,3,5,11-14H2. The van der Waals surface area contributed by atoms with Crippen molar-refractivity contribution in [2.75, 3.05) is 24.5 Å². The maximum Gasteiger partial charge on any atom is 0.253 e. The summed E-state index contributed by atoms with van der Waals surface area (Å²) in [6.07, 6.45) is 2.59. The molecule has 1 unspecified atom stereocenters. The smallest absolute Gasteiger partial charge is 0.253 e. The van der Waals surface area contributed by atoms with E-state index >= 15 is 0 Å². The predicted octanol–water partition coefficient (Wildman–Crippen LogP) is 3.78. The van der Waals surface area contributed by atoms with Gasteiger partial charge in [0.2, 0.25) is 5.91 Å². The lowest BCUT2D eigenvalue weighted by Gasteiger charge is -2.34. The van der Waals surface area contributed by atoms with Crippen LogP contribution in [0.2, 0.25) is 5.02 Å². The lowest BCUT2D eigenvalue weighted by molar-refractivity contribution is -0.123. The third-order valence-corrected chi connectivity index (χ3v) is 5.55. The summed E-state index contributed by atoms with van der Waals surface area (Å²) in [7, 11) is 0. The van der Waals surface area contributed by atoms with Gasteiger partial charge in [-0.15, -0.1) is 0 Å². The number of fused-ring (bicyclic) bond motifs is 1. The highest BCUT2D eigenvalue weighted by molar-refractivity contribution is 6.30. The summed E-state index contributed by atoms with van der Waals surface area (Å²) in [5, 5.41) is 0.612. The Morgan fingerprint density at radius 1 is 1.00 bits per heavy atom. The summed E-state index contributed by atoms with van der Waals surface area (Å²) in [5.41, 5.74) is 2.87. The number of hydrogen-bond acceptors (Lipinski definition) is 2. The second-order valence-electron chi connectivity index (χ2n) is 6.97. The van der Waals surface area contributed by atoms with Crippen molar-refractivity contribution in [2.24, 2.45) is 5.92 Å². The molecular formula is C21H21ClN2O2. The minimum Gasteiger partial charge on any atom is -0.338 e. The van der Waals surface area contributed by atoms with E-state index < -0.39 is 0 Å². The molecule has 4 rings (SSSR count). The quantitative estimate of drug-likeness (QED) is 0.809. The molecule has 2 aromatic carbocycles. The van der Waals surface area contributed by atoms with E-state index in [4.69, 9.17) is 11.6 Å². The second kappa shape index (κ2) is 7.12. The number of hydrogen-bond donors (Lipinski definition) is 0. The molecule has 2 aliphatic heterocycles. The number of nitrogens with zero attached hydrogens (tertiary/aromatic N) is 2. The summed E-state index contributed by atoms with van der Waals surface area (Å²) in [6.45, 7) is 1.92. The van der Waals surface area contributed by atoms with Gasteiger partial charge in [0.1, 0.15) is 0 Å². The van der Waals surface area contributed by atoms with Crippen LogP contribution in [0.1, 0.15) is 28.8 Å². The highest BCUT2D eigenvalue weighted by Crippen LogP contribution is 2.31. The molecule has 0 spiro atoms. The number of carbonyl (C=O) groups is 2. The molecule has 0 aliphatic carbocycles. The fraction of sp³-hybridized carbons (Fsp3) is 0.333. The van der Waals surface area contributed by atoms with Gasteiger partial charge in [-0.1, -0.05) is 29.8 Å². The fourth-order valence-corrected chi connectivity index (χ4v) is 4.05. The summed E-state index contributed by atoms with van der Waals surface area (Å²) in [4.78, 5) is 29.5. The number of likely N-dealkylation sites (tertiary alicyclic amines) is 1. The molecule has 0 bridgehead atoms. The topological polar surface area (TPSA) is 40.6 Å². The number of carbonyl (C=O) groups excluding carboxylic acids is 2. The molecule has 26 heavy (non-hydrogen) atoms. The van der Waals surface area contributed by atoms with E-state index in [-0.39, 0.29) is 17.7 Å². The van der Waals surface area contributed by atoms with E-state index in [9.17, 15) is 9.59 Å². The molecular weight excluding hydrogens is 348 g/mol. The molecule has 2 amide bonds. The van der Waals surface area contributed by atoms with Crippen LogP contribution in [-0.2, 0) is 11.2 Å². The van der Waals surface area contributed by atoms with E-state index in [0.717, 1.165) is 31.5 Å². The Balaban J connectivity index is 1.48. The van der Waals surface area contributed by atoms with Gasteiger partial charge >= 0.3 is 0 Å². The van der Waals surface area contributed by atoms with Crippen molar-refractivity contribution >= 4 is 29.1 Å². The first-order valence-corrected chi connectivity index (χ1v) is 9.45. The first kappa shape index (κ1) is 17.1. The Morgan fingerprint density at radius 2 is 1.77 bits per heavy atom. The molecule has 0 aromatic heterocycles. The Labute approximate surface area is 158 Å². The second-order valence-corrected chi connectivity index (χ2v) is 7.40. The van der Waals surface area contributed by atoms with Gasteiger partial charge in [-0.2, -0.15) is 0 Å². The van der Waals surface area contributed by atoms with Crippen LogP contribution in [0.25, 0.3) is 0 Å². The zero-order valence-electron chi connectivity index (χ0n) is 14.5. The molecule has 5 heteroatoms. The van der Waals surface area contributed by atoms with Gasteiger partial charge in [0.15, 0.2) is 0 Å². The van der Waals surface area contributed by atoms with E-state index in [1.165, 1.54) is 5.56 Å². The zero-order chi connectivity index (χ0) is 18.1. The first-order valence-electron chi connectivity index (χ1n) is 9.07. The summed E-state index contributed by atoms with van der Waals surface area (Å²) < 4.78 is 0. The highest BCUT2D eigenvalue weighted by Gasteiger charge is 2.34. The van der Waals surface area contributed by atoms with Crippen molar-refractivity contribution in [3.63, 3.8) is 0 Å². The van der Waals surface area contributed by atoms with Crippen LogP contribution >= 0.6 is 11.6 Å². The van der Waals surface area contributed by atoms with E-state index in [2.05, 4.69) is 6.07 Å². The minimum atomic E-state index is -0.133.